The molecule has 0 spiro atoms. The maximum atomic E-state index is 11.9. The molecular weight excluding hydrogens is 294 g/mol. The largest absolute Gasteiger partial charge is 0.497 e. The molecule has 6 nitrogen and oxygen atoms in total. The number of nitrogens with one attached hydrogen (secondary N) is 2. The second kappa shape index (κ2) is 8.33. The summed E-state index contributed by atoms with van der Waals surface area (Å²) in [6.07, 6.45) is 1.53. The van der Waals surface area contributed by atoms with E-state index >= 15 is 0 Å². The number of nitrogens with zero attached hydrogens (tertiary/aromatic N) is 1. The molecule has 2 aromatic carbocycles. The molecule has 0 atom stereocenters. The van der Waals surface area contributed by atoms with Gasteiger partial charge in [-0.3, -0.25) is 9.59 Å². The SMILES string of the molecule is COc1ccc(C(=O)NCC(=O)N/N=C\c2ccccc2)cc1. The summed E-state index contributed by atoms with van der Waals surface area (Å²) in [5.74, 6) is -0.0802. The lowest BCUT2D eigenvalue weighted by molar-refractivity contribution is -0.120. The highest BCUT2D eigenvalue weighted by molar-refractivity contribution is 5.96. The lowest BCUT2D eigenvalue weighted by Crippen LogP contribution is -2.34. The van der Waals surface area contributed by atoms with Crippen LogP contribution in [0.1, 0.15) is 15.9 Å². The average molecular weight is 311 g/mol. The summed E-state index contributed by atoms with van der Waals surface area (Å²) >= 11 is 0. The van der Waals surface area contributed by atoms with Crippen molar-refractivity contribution >= 4 is 18.0 Å². The third kappa shape index (κ3) is 5.28. The third-order valence-corrected chi connectivity index (χ3v) is 2.96. The molecule has 0 bridgehead atoms. The van der Waals surface area contributed by atoms with Gasteiger partial charge >= 0.3 is 0 Å². The average Bonchev–Trinajstić information content (AvgIpc) is 2.60. The Kier molecular flexibility index (Phi) is 5.88. The second-order valence-corrected chi connectivity index (χ2v) is 4.62. The second-order valence-electron chi connectivity index (χ2n) is 4.62. The van der Waals surface area contributed by atoms with E-state index in [0.717, 1.165) is 5.56 Å². The number of hydrazone groups is 1. The number of carbonyl (C=O) groups is 2. The normalized spacial score (nSPS) is 10.3. The summed E-state index contributed by atoms with van der Waals surface area (Å²) in [7, 11) is 1.55. The molecule has 2 rings (SSSR count). The molecule has 118 valence electrons. The molecule has 0 fully saturated rings. The summed E-state index contributed by atoms with van der Waals surface area (Å²) in [4.78, 5) is 23.5. The highest BCUT2D eigenvalue weighted by atomic mass is 16.5. The minimum atomic E-state index is -0.404. The van der Waals surface area contributed by atoms with Gasteiger partial charge in [-0.1, -0.05) is 30.3 Å². The van der Waals surface area contributed by atoms with E-state index in [1.54, 1.807) is 31.4 Å². The quantitative estimate of drug-likeness (QED) is 0.628. The predicted molar refractivity (Wildman–Crippen MR) is 87.5 cm³/mol. The Labute approximate surface area is 134 Å². The van der Waals surface area contributed by atoms with Gasteiger partial charge in [-0.2, -0.15) is 5.10 Å². The lowest BCUT2D eigenvalue weighted by Gasteiger charge is -2.05. The van der Waals surface area contributed by atoms with E-state index in [0.29, 0.717) is 11.3 Å². The molecule has 2 N–H and O–H groups in total. The first kappa shape index (κ1) is 16.2. The summed E-state index contributed by atoms with van der Waals surface area (Å²) in [6.45, 7) is -0.156. The monoisotopic (exact) mass is 311 g/mol. The van der Waals surface area contributed by atoms with E-state index in [9.17, 15) is 9.59 Å². The molecule has 0 heterocycles. The number of benzene rings is 2. The Bertz CT molecular complexity index is 682. The molecule has 0 aliphatic heterocycles. The maximum absolute atomic E-state index is 11.9. The standard InChI is InChI=1S/C17H17N3O3/c1-23-15-9-7-14(8-10-15)17(22)18-12-16(21)20-19-11-13-5-3-2-4-6-13/h2-11H,12H2,1H3,(H,18,22)(H,20,21)/b19-11-. The first-order valence-electron chi connectivity index (χ1n) is 6.98. The van der Waals surface area contributed by atoms with Crippen molar-refractivity contribution in [3.63, 3.8) is 0 Å². The summed E-state index contributed by atoms with van der Waals surface area (Å²) in [5.41, 5.74) is 3.67. The number of ether oxygens (including phenoxy) is 1. The predicted octanol–water partition coefficient (Wildman–Crippen LogP) is 1.58. The molecular formula is C17H17N3O3. The summed E-state index contributed by atoms with van der Waals surface area (Å²) < 4.78 is 5.02. The fourth-order valence-electron chi connectivity index (χ4n) is 1.76. The van der Waals surface area contributed by atoms with Crippen LogP contribution in [0.25, 0.3) is 0 Å². The summed E-state index contributed by atoms with van der Waals surface area (Å²) in [6, 6.07) is 16.0. The van der Waals surface area contributed by atoms with Crippen molar-refractivity contribution in [3.05, 3.63) is 65.7 Å². The van der Waals surface area contributed by atoms with Crippen LogP contribution in [0.3, 0.4) is 0 Å². The van der Waals surface area contributed by atoms with E-state index in [-0.39, 0.29) is 12.5 Å². The number of carbonyl (C=O) groups excluding carboxylic acids is 2. The van der Waals surface area contributed by atoms with Crippen molar-refractivity contribution in [1.29, 1.82) is 0 Å². The smallest absolute Gasteiger partial charge is 0.259 e. The zero-order chi connectivity index (χ0) is 16.5. The van der Waals surface area contributed by atoms with Gasteiger partial charge in [0.15, 0.2) is 0 Å². The molecule has 0 radical (unpaired) electrons. The summed E-state index contributed by atoms with van der Waals surface area (Å²) in [5, 5.41) is 6.34. The van der Waals surface area contributed by atoms with E-state index in [2.05, 4.69) is 15.8 Å². The van der Waals surface area contributed by atoms with Gasteiger partial charge in [0.1, 0.15) is 5.75 Å². The van der Waals surface area contributed by atoms with Crippen LogP contribution in [-0.4, -0.2) is 31.7 Å². The van der Waals surface area contributed by atoms with Crippen molar-refractivity contribution < 1.29 is 14.3 Å². The van der Waals surface area contributed by atoms with Gasteiger partial charge in [-0.25, -0.2) is 5.43 Å². The van der Waals surface area contributed by atoms with E-state index in [4.69, 9.17) is 4.74 Å². The number of rotatable bonds is 6. The first-order chi connectivity index (χ1) is 11.2. The minimum absolute atomic E-state index is 0.156. The fourth-order valence-corrected chi connectivity index (χ4v) is 1.76. The zero-order valence-electron chi connectivity index (χ0n) is 12.7. The highest BCUT2D eigenvalue weighted by Gasteiger charge is 2.07. The van der Waals surface area contributed by atoms with Crippen LogP contribution in [0.4, 0.5) is 0 Å². The van der Waals surface area contributed by atoms with E-state index in [1.807, 2.05) is 30.3 Å². The molecule has 2 aromatic rings. The van der Waals surface area contributed by atoms with Crippen molar-refractivity contribution in [2.75, 3.05) is 13.7 Å². The van der Waals surface area contributed by atoms with Crippen molar-refractivity contribution in [2.45, 2.75) is 0 Å². The Hall–Kier alpha value is -3.15. The van der Waals surface area contributed by atoms with Gasteiger partial charge in [-0.05, 0) is 29.8 Å². The fraction of sp³-hybridized carbons (Fsp3) is 0.118. The van der Waals surface area contributed by atoms with Crippen molar-refractivity contribution in [3.8, 4) is 5.75 Å². The highest BCUT2D eigenvalue weighted by Crippen LogP contribution is 2.10. The van der Waals surface area contributed by atoms with Gasteiger partial charge < -0.3 is 10.1 Å². The molecule has 2 amide bonds. The van der Waals surface area contributed by atoms with Crippen LogP contribution in [-0.2, 0) is 4.79 Å². The van der Waals surface area contributed by atoms with E-state index in [1.165, 1.54) is 6.21 Å². The molecule has 0 unspecified atom stereocenters. The Balaban J connectivity index is 1.77. The maximum Gasteiger partial charge on any atom is 0.259 e. The number of methoxy groups -OCH3 is 1. The van der Waals surface area contributed by atoms with Gasteiger partial charge in [0.2, 0.25) is 0 Å². The third-order valence-electron chi connectivity index (χ3n) is 2.96. The van der Waals surface area contributed by atoms with Crippen molar-refractivity contribution in [2.24, 2.45) is 5.10 Å². The van der Waals surface area contributed by atoms with Crippen LogP contribution in [0.5, 0.6) is 5.75 Å². The van der Waals surface area contributed by atoms with Crippen LogP contribution < -0.4 is 15.5 Å². The molecule has 0 aliphatic rings. The molecule has 0 aromatic heterocycles. The topological polar surface area (TPSA) is 79.8 Å². The Morgan fingerprint density at radius 2 is 1.78 bits per heavy atom. The van der Waals surface area contributed by atoms with Crippen LogP contribution >= 0.6 is 0 Å². The zero-order valence-corrected chi connectivity index (χ0v) is 12.7. The number of hydrogen-bond acceptors (Lipinski definition) is 4. The van der Waals surface area contributed by atoms with Gasteiger partial charge in [0, 0.05) is 5.56 Å². The van der Waals surface area contributed by atoms with Crippen LogP contribution in [0.15, 0.2) is 59.7 Å². The van der Waals surface area contributed by atoms with Gasteiger partial charge in [0.05, 0.1) is 19.9 Å². The molecule has 0 aliphatic carbocycles. The Morgan fingerprint density at radius 3 is 2.43 bits per heavy atom. The molecule has 6 heteroatoms. The number of hydrogen-bond donors (Lipinski definition) is 2. The van der Waals surface area contributed by atoms with Crippen LogP contribution in [0.2, 0.25) is 0 Å². The first-order valence-corrected chi connectivity index (χ1v) is 6.98. The van der Waals surface area contributed by atoms with Gasteiger partial charge in [0.25, 0.3) is 11.8 Å². The van der Waals surface area contributed by atoms with Gasteiger partial charge in [-0.15, -0.1) is 0 Å². The van der Waals surface area contributed by atoms with Crippen molar-refractivity contribution in [1.82, 2.24) is 10.7 Å². The lowest BCUT2D eigenvalue weighted by atomic mass is 10.2. The van der Waals surface area contributed by atoms with E-state index < -0.39 is 5.91 Å². The molecule has 0 saturated carbocycles. The van der Waals surface area contributed by atoms with Crippen LogP contribution in [0, 0.1) is 0 Å². The molecule has 0 saturated heterocycles. The minimum Gasteiger partial charge on any atom is -0.497 e. The molecule has 23 heavy (non-hydrogen) atoms. The Morgan fingerprint density at radius 1 is 1.09 bits per heavy atom. The number of amides is 2.